The molecule has 1 aromatic heterocycles. The molecule has 0 unspecified atom stereocenters. The topological polar surface area (TPSA) is 71.7 Å². The lowest BCUT2D eigenvalue weighted by Crippen LogP contribution is -2.19. The van der Waals surface area contributed by atoms with E-state index in [0.717, 1.165) is 21.2 Å². The van der Waals surface area contributed by atoms with Crippen molar-refractivity contribution in [1.82, 2.24) is 5.43 Å². The molecule has 1 N–H and O–H groups in total. The molecule has 4 aromatic rings. The van der Waals surface area contributed by atoms with Crippen LogP contribution in [-0.2, 0) is 4.79 Å². The quantitative estimate of drug-likeness (QED) is 0.181. The van der Waals surface area contributed by atoms with Gasteiger partial charge in [0.15, 0.2) is 5.78 Å². The Labute approximate surface area is 184 Å². The minimum atomic E-state index is -0.194. The van der Waals surface area contributed by atoms with Crippen LogP contribution in [0.5, 0.6) is 0 Å². The average Bonchev–Trinajstić information content (AvgIpc) is 3.26. The van der Waals surface area contributed by atoms with Gasteiger partial charge in [0.2, 0.25) is 5.91 Å². The van der Waals surface area contributed by atoms with E-state index in [-0.39, 0.29) is 17.4 Å². The first-order chi connectivity index (χ1) is 15.1. The lowest BCUT2D eigenvalue weighted by molar-refractivity contribution is -0.118. The van der Waals surface area contributed by atoms with Crippen LogP contribution in [0.4, 0.5) is 0 Å². The molecule has 0 saturated heterocycles. The standard InChI is InChI=1S/C25H20N2O3S/c1-17(28)18-9-11-20(12-10-18)23-14-13-21(30-23)15-26-27-25(29)16-31-24-8-4-6-19-5-2-3-7-22(19)24/h2-15H,16H2,1H3,(H,27,29). The molecule has 0 radical (unpaired) electrons. The van der Waals surface area contributed by atoms with Gasteiger partial charge in [-0.1, -0.05) is 60.7 Å². The number of thioether (sulfide) groups is 1. The Morgan fingerprint density at radius 3 is 2.55 bits per heavy atom. The normalized spacial score (nSPS) is 11.1. The van der Waals surface area contributed by atoms with E-state index in [2.05, 4.69) is 28.7 Å². The molecule has 0 aliphatic carbocycles. The fourth-order valence-electron chi connectivity index (χ4n) is 3.11. The summed E-state index contributed by atoms with van der Waals surface area (Å²) in [5.41, 5.74) is 4.05. The van der Waals surface area contributed by atoms with Crippen molar-refractivity contribution in [3.63, 3.8) is 0 Å². The SMILES string of the molecule is CC(=O)c1ccc(-c2ccc(C=NNC(=O)CSc3cccc4ccccc34)o2)cc1. The molecule has 154 valence electrons. The van der Waals surface area contributed by atoms with Crippen LogP contribution in [0.15, 0.2) is 93.3 Å². The molecule has 0 aliphatic rings. The number of amides is 1. The molecule has 31 heavy (non-hydrogen) atoms. The number of Topliss-reactive ketones (excluding diaryl/α,β-unsaturated/α-hetero) is 1. The van der Waals surface area contributed by atoms with Crippen LogP contribution in [0.2, 0.25) is 0 Å². The lowest BCUT2D eigenvalue weighted by atomic mass is 10.1. The third-order valence-corrected chi connectivity index (χ3v) is 5.77. The molecular formula is C25H20N2O3S. The minimum Gasteiger partial charge on any atom is -0.455 e. The first kappa shape index (κ1) is 20.6. The molecule has 0 saturated carbocycles. The molecule has 0 fully saturated rings. The summed E-state index contributed by atoms with van der Waals surface area (Å²) < 4.78 is 5.74. The smallest absolute Gasteiger partial charge is 0.250 e. The van der Waals surface area contributed by atoms with E-state index in [0.29, 0.717) is 17.1 Å². The van der Waals surface area contributed by atoms with E-state index < -0.39 is 0 Å². The van der Waals surface area contributed by atoms with Crippen LogP contribution >= 0.6 is 11.8 Å². The molecule has 1 amide bonds. The van der Waals surface area contributed by atoms with Gasteiger partial charge in [0.25, 0.3) is 0 Å². The van der Waals surface area contributed by atoms with Gasteiger partial charge in [-0.25, -0.2) is 5.43 Å². The predicted molar refractivity (Wildman–Crippen MR) is 125 cm³/mol. The van der Waals surface area contributed by atoms with Gasteiger partial charge in [-0.15, -0.1) is 11.8 Å². The summed E-state index contributed by atoms with van der Waals surface area (Å²) >= 11 is 1.48. The highest BCUT2D eigenvalue weighted by molar-refractivity contribution is 8.00. The zero-order valence-corrected chi connectivity index (χ0v) is 17.7. The Kier molecular flexibility index (Phi) is 6.29. The molecule has 0 bridgehead atoms. The molecule has 0 atom stereocenters. The van der Waals surface area contributed by atoms with Crippen LogP contribution in [0.3, 0.4) is 0 Å². The van der Waals surface area contributed by atoms with Crippen LogP contribution in [0.25, 0.3) is 22.1 Å². The van der Waals surface area contributed by atoms with Gasteiger partial charge >= 0.3 is 0 Å². The highest BCUT2D eigenvalue weighted by atomic mass is 32.2. The van der Waals surface area contributed by atoms with Crippen molar-refractivity contribution >= 4 is 40.4 Å². The van der Waals surface area contributed by atoms with Gasteiger partial charge in [-0.2, -0.15) is 5.10 Å². The van der Waals surface area contributed by atoms with Gasteiger partial charge < -0.3 is 4.42 Å². The van der Waals surface area contributed by atoms with E-state index in [1.165, 1.54) is 24.9 Å². The van der Waals surface area contributed by atoms with E-state index in [4.69, 9.17) is 4.42 Å². The number of ketones is 1. The fourth-order valence-corrected chi connectivity index (χ4v) is 3.98. The molecule has 0 aliphatic heterocycles. The molecule has 5 nitrogen and oxygen atoms in total. The van der Waals surface area contributed by atoms with Crippen molar-refractivity contribution in [3.05, 3.63) is 90.2 Å². The summed E-state index contributed by atoms with van der Waals surface area (Å²) in [6.45, 7) is 1.53. The van der Waals surface area contributed by atoms with Gasteiger partial charge in [0.1, 0.15) is 11.5 Å². The number of carbonyl (C=O) groups is 2. The number of nitrogens with zero attached hydrogens (tertiary/aromatic N) is 1. The maximum Gasteiger partial charge on any atom is 0.250 e. The van der Waals surface area contributed by atoms with Crippen LogP contribution in [0.1, 0.15) is 23.0 Å². The first-order valence-electron chi connectivity index (χ1n) is 9.74. The Balaban J connectivity index is 1.32. The maximum atomic E-state index is 12.2. The Bertz CT molecular complexity index is 1250. The van der Waals surface area contributed by atoms with Crippen molar-refractivity contribution in [1.29, 1.82) is 0 Å². The number of rotatable bonds is 7. The number of hydrogen-bond donors (Lipinski definition) is 1. The Hall–Kier alpha value is -3.64. The Morgan fingerprint density at radius 2 is 1.74 bits per heavy atom. The summed E-state index contributed by atoms with van der Waals surface area (Å²) in [5, 5.41) is 6.26. The Morgan fingerprint density at radius 1 is 0.968 bits per heavy atom. The average molecular weight is 429 g/mol. The van der Waals surface area contributed by atoms with Crippen LogP contribution in [-0.4, -0.2) is 23.7 Å². The second-order valence-electron chi connectivity index (χ2n) is 6.89. The molecule has 6 heteroatoms. The van der Waals surface area contributed by atoms with Crippen molar-refractivity contribution in [2.24, 2.45) is 5.10 Å². The van der Waals surface area contributed by atoms with E-state index >= 15 is 0 Å². The van der Waals surface area contributed by atoms with Gasteiger partial charge in [-0.3, -0.25) is 9.59 Å². The van der Waals surface area contributed by atoms with E-state index in [1.807, 2.05) is 42.5 Å². The zero-order chi connectivity index (χ0) is 21.6. The minimum absolute atomic E-state index is 0.0215. The summed E-state index contributed by atoms with van der Waals surface area (Å²) in [6.07, 6.45) is 1.47. The third-order valence-electron chi connectivity index (χ3n) is 4.69. The van der Waals surface area contributed by atoms with Gasteiger partial charge in [0.05, 0.1) is 12.0 Å². The van der Waals surface area contributed by atoms with Crippen molar-refractivity contribution in [3.8, 4) is 11.3 Å². The monoisotopic (exact) mass is 428 g/mol. The van der Waals surface area contributed by atoms with Crippen LogP contribution in [0, 0.1) is 0 Å². The molecule has 0 spiro atoms. The summed E-state index contributed by atoms with van der Waals surface area (Å²) in [6, 6.07) is 24.9. The number of carbonyl (C=O) groups excluding carboxylic acids is 2. The van der Waals surface area contributed by atoms with Gasteiger partial charge in [-0.05, 0) is 35.9 Å². The summed E-state index contributed by atoms with van der Waals surface area (Å²) in [4.78, 5) is 24.6. The number of hydrogen-bond acceptors (Lipinski definition) is 5. The van der Waals surface area contributed by atoms with E-state index in [9.17, 15) is 9.59 Å². The summed E-state index contributed by atoms with van der Waals surface area (Å²) in [7, 11) is 0. The number of hydrazone groups is 1. The molecular weight excluding hydrogens is 408 g/mol. The van der Waals surface area contributed by atoms with Gasteiger partial charge in [0, 0.05) is 16.0 Å². The van der Waals surface area contributed by atoms with E-state index in [1.54, 1.807) is 18.2 Å². The largest absolute Gasteiger partial charge is 0.455 e. The number of nitrogens with one attached hydrogen (secondary N) is 1. The fraction of sp³-hybridized carbons (Fsp3) is 0.0800. The van der Waals surface area contributed by atoms with Crippen molar-refractivity contribution < 1.29 is 14.0 Å². The second kappa shape index (κ2) is 9.45. The number of fused-ring (bicyclic) bond motifs is 1. The maximum absolute atomic E-state index is 12.2. The summed E-state index contributed by atoms with van der Waals surface area (Å²) in [5.74, 6) is 1.27. The van der Waals surface area contributed by atoms with Crippen molar-refractivity contribution in [2.45, 2.75) is 11.8 Å². The molecule has 4 rings (SSSR count). The highest BCUT2D eigenvalue weighted by Crippen LogP contribution is 2.27. The number of benzene rings is 3. The molecule has 3 aromatic carbocycles. The third kappa shape index (κ3) is 5.10. The molecule has 1 heterocycles. The lowest BCUT2D eigenvalue weighted by Gasteiger charge is -2.05. The second-order valence-corrected chi connectivity index (χ2v) is 7.91. The first-order valence-corrected chi connectivity index (χ1v) is 10.7. The highest BCUT2D eigenvalue weighted by Gasteiger charge is 2.07. The number of furan rings is 1. The van der Waals surface area contributed by atoms with Crippen molar-refractivity contribution in [2.75, 3.05) is 5.75 Å². The zero-order valence-electron chi connectivity index (χ0n) is 16.9. The predicted octanol–water partition coefficient (Wildman–Crippen LogP) is 5.54. The van der Waals surface area contributed by atoms with Crippen LogP contribution < -0.4 is 5.43 Å².